The third-order valence-corrected chi connectivity index (χ3v) is 3.90. The molecule has 0 unspecified atom stereocenters. The molecule has 5 nitrogen and oxygen atoms in total. The monoisotopic (exact) mass is 305 g/mol. The summed E-state index contributed by atoms with van der Waals surface area (Å²) >= 11 is 1.57. The number of anilines is 1. The molecule has 1 amide bonds. The molecule has 2 aromatic rings. The standard InChI is InChI=1S/C15H19N3O2S/c1-16-15-18-12(10-21-15)7-8-17-14(19)9-11-3-5-13(20-2)6-4-11/h3-6,10H,7-9H2,1-2H3,(H,16,18)(H,17,19). The van der Waals surface area contributed by atoms with E-state index < -0.39 is 0 Å². The molecule has 0 radical (unpaired) electrons. The first-order chi connectivity index (χ1) is 10.2. The molecule has 0 atom stereocenters. The van der Waals surface area contributed by atoms with Crippen LogP contribution in [-0.4, -0.2) is 31.6 Å². The van der Waals surface area contributed by atoms with Gasteiger partial charge in [-0.25, -0.2) is 4.98 Å². The lowest BCUT2D eigenvalue weighted by molar-refractivity contribution is -0.120. The Balaban J connectivity index is 1.73. The number of thiazole rings is 1. The number of methoxy groups -OCH3 is 1. The van der Waals surface area contributed by atoms with Crippen LogP contribution in [0.15, 0.2) is 29.6 Å². The van der Waals surface area contributed by atoms with E-state index in [2.05, 4.69) is 15.6 Å². The van der Waals surface area contributed by atoms with Crippen LogP contribution in [0.3, 0.4) is 0 Å². The Morgan fingerprint density at radius 2 is 2.10 bits per heavy atom. The molecule has 1 aromatic carbocycles. The maximum Gasteiger partial charge on any atom is 0.224 e. The lowest BCUT2D eigenvalue weighted by atomic mass is 10.1. The van der Waals surface area contributed by atoms with Gasteiger partial charge in [0.05, 0.1) is 19.2 Å². The van der Waals surface area contributed by atoms with Crippen molar-refractivity contribution in [3.63, 3.8) is 0 Å². The Morgan fingerprint density at radius 3 is 2.71 bits per heavy atom. The number of carbonyl (C=O) groups excluding carboxylic acids is 1. The fourth-order valence-corrected chi connectivity index (χ4v) is 2.56. The van der Waals surface area contributed by atoms with Gasteiger partial charge in [0.2, 0.25) is 5.91 Å². The Hall–Kier alpha value is -2.08. The van der Waals surface area contributed by atoms with Gasteiger partial charge in [0.1, 0.15) is 5.75 Å². The number of amides is 1. The second-order valence-electron chi connectivity index (χ2n) is 4.52. The molecule has 0 saturated heterocycles. The van der Waals surface area contributed by atoms with Crippen LogP contribution in [0.5, 0.6) is 5.75 Å². The molecule has 1 heterocycles. The van der Waals surface area contributed by atoms with Crippen molar-refractivity contribution in [1.82, 2.24) is 10.3 Å². The molecule has 1 aromatic heterocycles. The van der Waals surface area contributed by atoms with Crippen LogP contribution in [0.2, 0.25) is 0 Å². The van der Waals surface area contributed by atoms with Crippen LogP contribution < -0.4 is 15.4 Å². The topological polar surface area (TPSA) is 63.2 Å². The Kier molecular flexibility index (Phi) is 5.57. The highest BCUT2D eigenvalue weighted by atomic mass is 32.1. The van der Waals surface area contributed by atoms with E-state index in [4.69, 9.17) is 4.74 Å². The van der Waals surface area contributed by atoms with Crippen molar-refractivity contribution in [3.05, 3.63) is 40.9 Å². The Bertz CT molecular complexity index is 581. The van der Waals surface area contributed by atoms with E-state index in [1.165, 1.54) is 0 Å². The van der Waals surface area contributed by atoms with Gasteiger partial charge in [-0.05, 0) is 17.7 Å². The van der Waals surface area contributed by atoms with E-state index in [9.17, 15) is 4.79 Å². The van der Waals surface area contributed by atoms with Gasteiger partial charge >= 0.3 is 0 Å². The summed E-state index contributed by atoms with van der Waals surface area (Å²) in [6.07, 6.45) is 1.12. The van der Waals surface area contributed by atoms with Crippen LogP contribution in [0.1, 0.15) is 11.3 Å². The summed E-state index contributed by atoms with van der Waals surface area (Å²) in [5.74, 6) is 0.812. The average Bonchev–Trinajstić information content (AvgIpc) is 2.96. The third-order valence-electron chi connectivity index (χ3n) is 2.99. The Morgan fingerprint density at radius 1 is 1.33 bits per heavy atom. The van der Waals surface area contributed by atoms with E-state index in [-0.39, 0.29) is 5.91 Å². The highest BCUT2D eigenvalue weighted by Crippen LogP contribution is 2.14. The summed E-state index contributed by atoms with van der Waals surface area (Å²) in [5, 5.41) is 8.81. The van der Waals surface area contributed by atoms with Gasteiger partial charge in [0, 0.05) is 25.4 Å². The summed E-state index contributed by atoms with van der Waals surface area (Å²) in [4.78, 5) is 16.2. The van der Waals surface area contributed by atoms with Crippen LogP contribution in [0, 0.1) is 0 Å². The zero-order valence-electron chi connectivity index (χ0n) is 12.2. The molecule has 2 rings (SSSR count). The summed E-state index contributed by atoms with van der Waals surface area (Å²) in [5.41, 5.74) is 1.97. The first-order valence-corrected chi connectivity index (χ1v) is 7.61. The molecule has 0 saturated carbocycles. The predicted octanol–water partition coefficient (Wildman–Crippen LogP) is 2.09. The number of ether oxygens (including phenoxy) is 1. The zero-order chi connectivity index (χ0) is 15.1. The minimum atomic E-state index is 0.0178. The molecule has 6 heteroatoms. The SMILES string of the molecule is CNc1nc(CCNC(=O)Cc2ccc(OC)cc2)cs1. The number of rotatable bonds is 7. The van der Waals surface area contributed by atoms with Gasteiger partial charge < -0.3 is 15.4 Å². The number of carbonyl (C=O) groups is 1. The highest BCUT2D eigenvalue weighted by Gasteiger charge is 2.05. The van der Waals surface area contributed by atoms with Crippen molar-refractivity contribution in [3.8, 4) is 5.75 Å². The number of nitrogens with zero attached hydrogens (tertiary/aromatic N) is 1. The third kappa shape index (κ3) is 4.75. The summed E-state index contributed by atoms with van der Waals surface area (Å²) in [6.45, 7) is 0.599. The first kappa shape index (κ1) is 15.3. The van der Waals surface area contributed by atoms with E-state index in [1.807, 2.05) is 36.7 Å². The molecule has 0 aliphatic rings. The van der Waals surface area contributed by atoms with Gasteiger partial charge in [0.25, 0.3) is 0 Å². The van der Waals surface area contributed by atoms with Crippen molar-refractivity contribution in [2.45, 2.75) is 12.8 Å². The molecule has 2 N–H and O–H groups in total. The lowest BCUT2D eigenvalue weighted by Crippen LogP contribution is -2.27. The lowest BCUT2D eigenvalue weighted by Gasteiger charge is -2.05. The van der Waals surface area contributed by atoms with E-state index in [1.54, 1.807) is 18.4 Å². The number of hydrogen-bond acceptors (Lipinski definition) is 5. The molecule has 21 heavy (non-hydrogen) atoms. The summed E-state index contributed by atoms with van der Waals surface area (Å²) in [6, 6.07) is 7.52. The Labute approximate surface area is 128 Å². The van der Waals surface area contributed by atoms with Gasteiger partial charge in [-0.2, -0.15) is 0 Å². The average molecular weight is 305 g/mol. The van der Waals surface area contributed by atoms with Crippen molar-refractivity contribution in [1.29, 1.82) is 0 Å². The second kappa shape index (κ2) is 7.64. The van der Waals surface area contributed by atoms with Gasteiger partial charge in [-0.1, -0.05) is 12.1 Å². The molecular weight excluding hydrogens is 286 g/mol. The largest absolute Gasteiger partial charge is 0.497 e. The first-order valence-electron chi connectivity index (χ1n) is 6.73. The molecule has 0 aliphatic carbocycles. The normalized spacial score (nSPS) is 10.2. The maximum absolute atomic E-state index is 11.8. The molecule has 0 bridgehead atoms. The van der Waals surface area contributed by atoms with Crippen LogP contribution >= 0.6 is 11.3 Å². The van der Waals surface area contributed by atoms with Gasteiger partial charge in [-0.15, -0.1) is 11.3 Å². The van der Waals surface area contributed by atoms with E-state index >= 15 is 0 Å². The number of nitrogens with one attached hydrogen (secondary N) is 2. The van der Waals surface area contributed by atoms with Gasteiger partial charge in [-0.3, -0.25) is 4.79 Å². The second-order valence-corrected chi connectivity index (χ2v) is 5.38. The minimum Gasteiger partial charge on any atom is -0.497 e. The number of aromatic nitrogens is 1. The molecule has 0 fully saturated rings. The zero-order valence-corrected chi connectivity index (χ0v) is 13.0. The van der Waals surface area contributed by atoms with Gasteiger partial charge in [0.15, 0.2) is 5.13 Å². The van der Waals surface area contributed by atoms with E-state index in [0.717, 1.165) is 28.6 Å². The van der Waals surface area contributed by atoms with Crippen molar-refractivity contribution < 1.29 is 9.53 Å². The fourth-order valence-electron chi connectivity index (χ4n) is 1.86. The van der Waals surface area contributed by atoms with Crippen LogP contribution in [0.25, 0.3) is 0 Å². The minimum absolute atomic E-state index is 0.0178. The van der Waals surface area contributed by atoms with Crippen LogP contribution in [0.4, 0.5) is 5.13 Å². The summed E-state index contributed by atoms with van der Waals surface area (Å²) in [7, 11) is 3.47. The number of hydrogen-bond donors (Lipinski definition) is 2. The van der Waals surface area contributed by atoms with E-state index in [0.29, 0.717) is 13.0 Å². The molecule has 0 spiro atoms. The fraction of sp³-hybridized carbons (Fsp3) is 0.333. The quantitative estimate of drug-likeness (QED) is 0.822. The summed E-state index contributed by atoms with van der Waals surface area (Å²) < 4.78 is 5.09. The predicted molar refractivity (Wildman–Crippen MR) is 85.1 cm³/mol. The van der Waals surface area contributed by atoms with Crippen LogP contribution in [-0.2, 0) is 17.6 Å². The van der Waals surface area contributed by atoms with Crippen molar-refractivity contribution >= 4 is 22.4 Å². The van der Waals surface area contributed by atoms with Crippen molar-refractivity contribution in [2.75, 3.05) is 26.0 Å². The number of benzene rings is 1. The smallest absolute Gasteiger partial charge is 0.224 e. The maximum atomic E-state index is 11.8. The molecular formula is C15H19N3O2S. The van der Waals surface area contributed by atoms with Crippen molar-refractivity contribution in [2.24, 2.45) is 0 Å². The molecule has 0 aliphatic heterocycles. The molecule has 112 valence electrons. The highest BCUT2D eigenvalue weighted by molar-refractivity contribution is 7.13.